The van der Waals surface area contributed by atoms with E-state index < -0.39 is 0 Å². The molecule has 0 saturated carbocycles. The lowest BCUT2D eigenvalue weighted by Crippen LogP contribution is -2.01. The van der Waals surface area contributed by atoms with Crippen LogP contribution >= 0.6 is 0 Å². The van der Waals surface area contributed by atoms with Gasteiger partial charge in [-0.2, -0.15) is 10.2 Å². The standard InChI is InChI=1S/C12H11N3O2/c1-8-3-10(5-13)4-9(2)12(8)16-6-11-14-7-17-15-11/h3-4,7H,6H2,1-2H3. The maximum atomic E-state index is 8.83. The summed E-state index contributed by atoms with van der Waals surface area (Å²) in [7, 11) is 0. The quantitative estimate of drug-likeness (QED) is 0.806. The zero-order chi connectivity index (χ0) is 12.3. The maximum absolute atomic E-state index is 8.83. The molecule has 5 nitrogen and oxygen atoms in total. The second-order valence-corrected chi connectivity index (χ2v) is 3.69. The van der Waals surface area contributed by atoms with Gasteiger partial charge in [0.1, 0.15) is 5.75 Å². The lowest BCUT2D eigenvalue weighted by molar-refractivity contribution is 0.283. The first-order chi connectivity index (χ1) is 8.20. The van der Waals surface area contributed by atoms with Gasteiger partial charge in [0.15, 0.2) is 6.61 Å². The van der Waals surface area contributed by atoms with E-state index in [2.05, 4.69) is 20.7 Å². The molecule has 1 aromatic heterocycles. The van der Waals surface area contributed by atoms with Gasteiger partial charge < -0.3 is 9.26 Å². The molecule has 0 unspecified atom stereocenters. The van der Waals surface area contributed by atoms with Crippen LogP contribution in [-0.2, 0) is 6.61 Å². The van der Waals surface area contributed by atoms with Crippen LogP contribution in [0.2, 0.25) is 0 Å². The predicted molar refractivity (Wildman–Crippen MR) is 59.3 cm³/mol. The molecule has 0 atom stereocenters. The van der Waals surface area contributed by atoms with Crippen LogP contribution in [0.25, 0.3) is 0 Å². The van der Waals surface area contributed by atoms with Crippen molar-refractivity contribution < 1.29 is 9.26 Å². The van der Waals surface area contributed by atoms with Gasteiger partial charge in [-0.1, -0.05) is 5.16 Å². The number of nitrogens with zero attached hydrogens (tertiary/aromatic N) is 3. The number of benzene rings is 1. The predicted octanol–water partition coefficient (Wildman–Crippen LogP) is 2.14. The number of aryl methyl sites for hydroxylation is 2. The Hall–Kier alpha value is -2.35. The van der Waals surface area contributed by atoms with E-state index in [1.54, 1.807) is 12.1 Å². The molecule has 0 aliphatic rings. The Balaban J connectivity index is 2.19. The van der Waals surface area contributed by atoms with Gasteiger partial charge in [0.2, 0.25) is 12.2 Å². The zero-order valence-corrected chi connectivity index (χ0v) is 9.60. The molecule has 2 aromatic rings. The van der Waals surface area contributed by atoms with Gasteiger partial charge in [0.25, 0.3) is 0 Å². The van der Waals surface area contributed by atoms with E-state index in [4.69, 9.17) is 10.00 Å². The normalized spacial score (nSPS) is 9.94. The van der Waals surface area contributed by atoms with Crippen LogP contribution < -0.4 is 4.74 Å². The van der Waals surface area contributed by atoms with Crippen molar-refractivity contribution in [2.24, 2.45) is 0 Å². The number of aromatic nitrogens is 2. The van der Waals surface area contributed by atoms with Crippen molar-refractivity contribution in [2.45, 2.75) is 20.5 Å². The fraction of sp³-hybridized carbons (Fsp3) is 0.250. The maximum Gasteiger partial charge on any atom is 0.213 e. The highest BCUT2D eigenvalue weighted by molar-refractivity contribution is 5.47. The molecule has 0 saturated heterocycles. The molecule has 5 heteroatoms. The Bertz CT molecular complexity index is 533. The molecule has 0 N–H and O–H groups in total. The molecule has 0 aliphatic carbocycles. The smallest absolute Gasteiger partial charge is 0.213 e. The van der Waals surface area contributed by atoms with Crippen LogP contribution in [0.5, 0.6) is 5.75 Å². The topological polar surface area (TPSA) is 71.9 Å². The van der Waals surface area contributed by atoms with Crippen molar-refractivity contribution in [1.29, 1.82) is 5.26 Å². The van der Waals surface area contributed by atoms with Gasteiger partial charge in [-0.25, -0.2) is 0 Å². The molecular formula is C12H11N3O2. The number of nitriles is 1. The van der Waals surface area contributed by atoms with Crippen molar-refractivity contribution in [3.05, 3.63) is 41.0 Å². The summed E-state index contributed by atoms with van der Waals surface area (Å²) in [4.78, 5) is 3.87. The highest BCUT2D eigenvalue weighted by Crippen LogP contribution is 2.25. The monoisotopic (exact) mass is 229 g/mol. The van der Waals surface area contributed by atoms with Crippen LogP contribution in [0.4, 0.5) is 0 Å². The summed E-state index contributed by atoms with van der Waals surface area (Å²) in [5.74, 6) is 1.25. The molecule has 1 aromatic carbocycles. The Morgan fingerprint density at radius 2 is 2.06 bits per heavy atom. The van der Waals surface area contributed by atoms with Crippen LogP contribution in [-0.4, -0.2) is 10.1 Å². The highest BCUT2D eigenvalue weighted by atomic mass is 16.5. The van der Waals surface area contributed by atoms with Crippen LogP contribution in [0.15, 0.2) is 23.0 Å². The lowest BCUT2D eigenvalue weighted by atomic mass is 10.1. The summed E-state index contributed by atoms with van der Waals surface area (Å²) in [5.41, 5.74) is 2.47. The van der Waals surface area contributed by atoms with Gasteiger partial charge in [0.05, 0.1) is 11.6 Å². The van der Waals surface area contributed by atoms with Gasteiger partial charge in [-0.15, -0.1) is 0 Å². The summed E-state index contributed by atoms with van der Waals surface area (Å²) in [6, 6.07) is 5.69. The first-order valence-corrected chi connectivity index (χ1v) is 5.10. The van der Waals surface area contributed by atoms with Crippen molar-refractivity contribution in [3.8, 4) is 11.8 Å². The molecule has 0 fully saturated rings. The van der Waals surface area contributed by atoms with Gasteiger partial charge in [-0.05, 0) is 37.1 Å². The minimum absolute atomic E-state index is 0.254. The summed E-state index contributed by atoms with van der Waals surface area (Å²) in [6.07, 6.45) is 1.26. The average molecular weight is 229 g/mol. The second kappa shape index (κ2) is 4.66. The third kappa shape index (κ3) is 2.42. The summed E-state index contributed by atoms with van der Waals surface area (Å²) in [5, 5.41) is 12.5. The third-order valence-corrected chi connectivity index (χ3v) is 2.34. The first kappa shape index (κ1) is 11.1. The van der Waals surface area contributed by atoms with E-state index in [0.29, 0.717) is 11.4 Å². The summed E-state index contributed by atoms with van der Waals surface area (Å²) in [6.45, 7) is 4.06. The molecule has 0 radical (unpaired) electrons. The molecular weight excluding hydrogens is 218 g/mol. The van der Waals surface area contributed by atoms with E-state index in [0.717, 1.165) is 16.9 Å². The van der Waals surface area contributed by atoms with Crippen molar-refractivity contribution in [1.82, 2.24) is 10.1 Å². The first-order valence-electron chi connectivity index (χ1n) is 5.10. The van der Waals surface area contributed by atoms with E-state index >= 15 is 0 Å². The van der Waals surface area contributed by atoms with E-state index in [9.17, 15) is 0 Å². The number of rotatable bonds is 3. The molecule has 0 aliphatic heterocycles. The van der Waals surface area contributed by atoms with Gasteiger partial charge in [-0.3, -0.25) is 0 Å². The third-order valence-electron chi connectivity index (χ3n) is 2.34. The molecule has 0 bridgehead atoms. The van der Waals surface area contributed by atoms with E-state index in [-0.39, 0.29) is 6.61 Å². The fourth-order valence-electron chi connectivity index (χ4n) is 1.64. The highest BCUT2D eigenvalue weighted by Gasteiger charge is 2.08. The summed E-state index contributed by atoms with van der Waals surface area (Å²) < 4.78 is 10.2. The molecule has 1 heterocycles. The Morgan fingerprint density at radius 1 is 1.35 bits per heavy atom. The molecule has 86 valence electrons. The lowest BCUT2D eigenvalue weighted by Gasteiger charge is -2.10. The molecule has 17 heavy (non-hydrogen) atoms. The van der Waals surface area contributed by atoms with Crippen LogP contribution in [0, 0.1) is 25.2 Å². The van der Waals surface area contributed by atoms with E-state index in [1.165, 1.54) is 6.39 Å². The Labute approximate surface area is 98.6 Å². The number of ether oxygens (including phenoxy) is 1. The summed E-state index contributed by atoms with van der Waals surface area (Å²) >= 11 is 0. The largest absolute Gasteiger partial charge is 0.485 e. The van der Waals surface area contributed by atoms with Crippen LogP contribution in [0.1, 0.15) is 22.5 Å². The second-order valence-electron chi connectivity index (χ2n) is 3.69. The van der Waals surface area contributed by atoms with Crippen molar-refractivity contribution in [2.75, 3.05) is 0 Å². The minimum Gasteiger partial charge on any atom is -0.485 e. The Morgan fingerprint density at radius 3 is 2.59 bits per heavy atom. The molecule has 0 spiro atoms. The van der Waals surface area contributed by atoms with E-state index in [1.807, 2.05) is 13.8 Å². The number of hydrogen-bond acceptors (Lipinski definition) is 5. The van der Waals surface area contributed by atoms with Crippen LogP contribution in [0.3, 0.4) is 0 Å². The zero-order valence-electron chi connectivity index (χ0n) is 9.60. The molecule has 2 rings (SSSR count). The molecule has 0 amide bonds. The SMILES string of the molecule is Cc1cc(C#N)cc(C)c1OCc1ncon1. The van der Waals surface area contributed by atoms with Gasteiger partial charge >= 0.3 is 0 Å². The fourth-order valence-corrected chi connectivity index (χ4v) is 1.64. The van der Waals surface area contributed by atoms with Crippen molar-refractivity contribution >= 4 is 0 Å². The van der Waals surface area contributed by atoms with Gasteiger partial charge in [0, 0.05) is 0 Å². The number of hydrogen-bond donors (Lipinski definition) is 0. The average Bonchev–Trinajstić information content (AvgIpc) is 2.80. The Kier molecular flexibility index (Phi) is 3.06. The minimum atomic E-state index is 0.254. The van der Waals surface area contributed by atoms with Crippen molar-refractivity contribution in [3.63, 3.8) is 0 Å².